The lowest BCUT2D eigenvalue weighted by atomic mass is 9.93. The second-order valence-electron chi connectivity index (χ2n) is 11.1. The summed E-state index contributed by atoms with van der Waals surface area (Å²) in [6.45, 7) is 1.62. The van der Waals surface area contributed by atoms with Gasteiger partial charge in [-0.3, -0.25) is 9.59 Å². The zero-order valence-corrected chi connectivity index (χ0v) is 26.8. The molecule has 1 aliphatic rings. The number of fused-ring (bicyclic) bond motifs is 1. The molecule has 0 saturated heterocycles. The highest BCUT2D eigenvalue weighted by Crippen LogP contribution is 2.44. The molecule has 0 spiro atoms. The molecule has 1 fully saturated rings. The predicted octanol–water partition coefficient (Wildman–Crippen LogP) is 6.34. The average Bonchev–Trinajstić information content (AvgIpc) is 3.83. The van der Waals surface area contributed by atoms with Gasteiger partial charge in [0.25, 0.3) is 5.91 Å². The molecule has 4 aromatic rings. The highest BCUT2D eigenvalue weighted by Gasteiger charge is 2.57. The summed E-state index contributed by atoms with van der Waals surface area (Å²) in [5, 5.41) is 13.2. The Morgan fingerprint density at radius 1 is 1.10 bits per heavy atom. The number of pyridine rings is 2. The first-order chi connectivity index (χ1) is 22.5. The number of halogens is 7. The fraction of sp³-hybridized carbons (Fsp3) is 0.312. The van der Waals surface area contributed by atoms with Crippen LogP contribution in [0.2, 0.25) is 10.0 Å². The van der Waals surface area contributed by atoms with E-state index in [0.717, 1.165) is 25.0 Å². The van der Waals surface area contributed by atoms with Gasteiger partial charge in [-0.25, -0.2) is 18.7 Å². The van der Waals surface area contributed by atoms with Crippen molar-refractivity contribution in [2.45, 2.75) is 51.0 Å². The molecular weight excluding hydrogens is 686 g/mol. The number of ether oxygens (including phenoxy) is 2. The molecule has 4 N–H and O–H groups in total. The maximum atomic E-state index is 14.8. The summed E-state index contributed by atoms with van der Waals surface area (Å²) < 4.78 is 84.2. The van der Waals surface area contributed by atoms with E-state index in [1.165, 1.54) is 25.1 Å². The van der Waals surface area contributed by atoms with Gasteiger partial charge in [-0.2, -0.15) is 13.2 Å². The Balaban J connectivity index is 1.60. The van der Waals surface area contributed by atoms with E-state index in [0.29, 0.717) is 22.7 Å². The largest absolute Gasteiger partial charge is 0.491 e. The minimum Gasteiger partial charge on any atom is -0.491 e. The third-order valence-electron chi connectivity index (χ3n) is 7.48. The normalized spacial score (nSPS) is 14.5. The number of rotatable bonds is 11. The van der Waals surface area contributed by atoms with Gasteiger partial charge in [0.1, 0.15) is 22.7 Å². The van der Waals surface area contributed by atoms with E-state index in [-0.39, 0.29) is 40.4 Å². The quantitative estimate of drug-likeness (QED) is 0.122. The third-order valence-corrected chi connectivity index (χ3v) is 8.24. The second-order valence-corrected chi connectivity index (χ2v) is 11.9. The number of amides is 2. The van der Waals surface area contributed by atoms with E-state index >= 15 is 0 Å². The monoisotopic (exact) mass is 712 g/mol. The zero-order valence-electron chi connectivity index (χ0n) is 25.3. The van der Waals surface area contributed by atoms with E-state index in [2.05, 4.69) is 15.3 Å². The maximum absolute atomic E-state index is 14.8. The van der Waals surface area contributed by atoms with Crippen molar-refractivity contribution in [2.24, 2.45) is 5.73 Å². The maximum Gasteiger partial charge on any atom is 0.424 e. The number of aliphatic hydroxyl groups is 1. The second kappa shape index (κ2) is 13.3. The Kier molecular flexibility index (Phi) is 9.73. The standard InChI is InChI=1S/C32H27Cl2F5N4O5/c1-3-47-29-16(12-24(40)44)11-23(43-28(29)19-6-7-21(35)26(36)25(19)34)31(46,32(37,38)39)13-41-30(45)17-8-15-9-20(33)14(2)42-27(15)22(10-17)48-18-4-5-18/h6-11,18,46H,3-5,12-13H2,1-2H3,(H2,40,44)(H,41,45)/t31-/m0/s1. The molecule has 5 rings (SSSR count). The molecule has 9 nitrogen and oxygen atoms in total. The number of nitrogens with zero attached hydrogens (tertiary/aromatic N) is 2. The van der Waals surface area contributed by atoms with Crippen molar-refractivity contribution in [3.63, 3.8) is 0 Å². The van der Waals surface area contributed by atoms with E-state index in [1.807, 2.05) is 0 Å². The van der Waals surface area contributed by atoms with Crippen LogP contribution in [0.15, 0.2) is 36.4 Å². The first-order valence-corrected chi connectivity index (χ1v) is 15.2. The fourth-order valence-corrected chi connectivity index (χ4v) is 5.27. The predicted molar refractivity (Wildman–Crippen MR) is 166 cm³/mol. The Morgan fingerprint density at radius 3 is 2.44 bits per heavy atom. The van der Waals surface area contributed by atoms with Crippen molar-refractivity contribution in [3.8, 4) is 22.8 Å². The van der Waals surface area contributed by atoms with Crippen LogP contribution in [-0.2, 0) is 16.8 Å². The Morgan fingerprint density at radius 2 is 1.81 bits per heavy atom. The number of primary amides is 1. The van der Waals surface area contributed by atoms with Crippen molar-refractivity contribution in [2.75, 3.05) is 13.2 Å². The molecular formula is C32H27Cl2F5N4O5. The molecule has 2 aromatic carbocycles. The summed E-state index contributed by atoms with van der Waals surface area (Å²) in [6.07, 6.45) is -4.76. The molecule has 2 heterocycles. The first kappa shape index (κ1) is 35.0. The molecule has 0 aliphatic heterocycles. The van der Waals surface area contributed by atoms with Crippen LogP contribution in [0.5, 0.6) is 11.5 Å². The lowest BCUT2D eigenvalue weighted by Gasteiger charge is -2.31. The van der Waals surface area contributed by atoms with Gasteiger partial charge < -0.3 is 25.6 Å². The van der Waals surface area contributed by atoms with Crippen LogP contribution in [0.25, 0.3) is 22.2 Å². The van der Waals surface area contributed by atoms with Crippen molar-refractivity contribution in [3.05, 3.63) is 80.6 Å². The molecule has 1 aliphatic carbocycles. The summed E-state index contributed by atoms with van der Waals surface area (Å²) in [6, 6.07) is 6.57. The van der Waals surface area contributed by atoms with Crippen LogP contribution in [0.4, 0.5) is 22.0 Å². The van der Waals surface area contributed by atoms with Crippen LogP contribution in [0.3, 0.4) is 0 Å². The Labute approximate surface area is 280 Å². The number of alkyl halides is 3. The number of aryl methyl sites for hydroxylation is 1. The average molecular weight is 713 g/mol. The van der Waals surface area contributed by atoms with Crippen LogP contribution in [-0.4, -0.2) is 52.3 Å². The van der Waals surface area contributed by atoms with Gasteiger partial charge in [0.2, 0.25) is 11.5 Å². The molecule has 1 atom stereocenters. The molecule has 2 amide bonds. The number of aromatic nitrogens is 2. The van der Waals surface area contributed by atoms with Gasteiger partial charge in [-0.1, -0.05) is 23.2 Å². The smallest absolute Gasteiger partial charge is 0.424 e. The molecule has 16 heteroatoms. The molecule has 254 valence electrons. The zero-order chi connectivity index (χ0) is 35.1. The summed E-state index contributed by atoms with van der Waals surface area (Å²) in [5.41, 5.74) is -0.0964. The van der Waals surface area contributed by atoms with Gasteiger partial charge in [0.05, 0.1) is 47.1 Å². The number of carbonyl (C=O) groups excluding carboxylic acids is 2. The van der Waals surface area contributed by atoms with E-state index in [1.54, 1.807) is 6.92 Å². The van der Waals surface area contributed by atoms with E-state index in [4.69, 9.17) is 38.4 Å². The Hall–Kier alpha value is -4.27. The van der Waals surface area contributed by atoms with E-state index in [9.17, 15) is 36.6 Å². The summed E-state index contributed by atoms with van der Waals surface area (Å²) in [4.78, 5) is 33.7. The SMILES string of the molecule is CCOc1c(CC(N)=O)cc([C@@](O)(CNC(=O)c2cc(OC3CC3)c3nc(C)c(Cl)cc3c2)C(F)(F)F)nc1-c1ccc(F)c(F)c1Cl. The van der Waals surface area contributed by atoms with Crippen LogP contribution in [0, 0.1) is 18.6 Å². The number of nitrogens with one attached hydrogen (secondary N) is 1. The number of hydrogen-bond acceptors (Lipinski definition) is 7. The van der Waals surface area contributed by atoms with Crippen molar-refractivity contribution in [1.82, 2.24) is 15.3 Å². The van der Waals surface area contributed by atoms with Gasteiger partial charge in [0, 0.05) is 22.1 Å². The molecule has 0 unspecified atom stereocenters. The highest BCUT2D eigenvalue weighted by atomic mass is 35.5. The Bertz CT molecular complexity index is 1940. The lowest BCUT2D eigenvalue weighted by Crippen LogP contribution is -2.51. The van der Waals surface area contributed by atoms with Crippen LogP contribution >= 0.6 is 23.2 Å². The molecule has 2 aromatic heterocycles. The summed E-state index contributed by atoms with van der Waals surface area (Å²) >= 11 is 12.3. The van der Waals surface area contributed by atoms with Gasteiger partial charge in [0.15, 0.2) is 11.6 Å². The number of carbonyl (C=O) groups is 2. The summed E-state index contributed by atoms with van der Waals surface area (Å²) in [7, 11) is 0. The lowest BCUT2D eigenvalue weighted by molar-refractivity contribution is -0.265. The van der Waals surface area contributed by atoms with Crippen molar-refractivity contribution < 1.29 is 46.1 Å². The number of hydrogen-bond donors (Lipinski definition) is 3. The first-order valence-electron chi connectivity index (χ1n) is 14.5. The number of benzene rings is 2. The highest BCUT2D eigenvalue weighted by molar-refractivity contribution is 6.33. The fourth-order valence-electron chi connectivity index (χ4n) is 4.87. The molecule has 48 heavy (non-hydrogen) atoms. The number of nitrogens with two attached hydrogens (primary N) is 1. The van der Waals surface area contributed by atoms with Crippen LogP contribution in [0.1, 0.15) is 47.1 Å². The van der Waals surface area contributed by atoms with Gasteiger partial charge in [-0.05, 0) is 63.1 Å². The topological polar surface area (TPSA) is 137 Å². The molecule has 0 bridgehead atoms. The minimum absolute atomic E-state index is 0.0980. The van der Waals surface area contributed by atoms with Crippen molar-refractivity contribution in [1.29, 1.82) is 0 Å². The minimum atomic E-state index is -5.49. The summed E-state index contributed by atoms with van der Waals surface area (Å²) in [5.74, 6) is -4.97. The van der Waals surface area contributed by atoms with Gasteiger partial charge in [-0.15, -0.1) is 0 Å². The molecule has 0 radical (unpaired) electrons. The molecule has 1 saturated carbocycles. The van der Waals surface area contributed by atoms with E-state index < -0.39 is 70.2 Å². The third kappa shape index (κ3) is 6.96. The van der Waals surface area contributed by atoms with Crippen LogP contribution < -0.4 is 20.5 Å². The van der Waals surface area contributed by atoms with Crippen molar-refractivity contribution >= 4 is 45.9 Å². The van der Waals surface area contributed by atoms with Gasteiger partial charge >= 0.3 is 6.18 Å².